The molecule has 2 bridgehead atoms. The Kier molecular flexibility index (Phi) is 2.63. The van der Waals surface area contributed by atoms with Crippen LogP contribution in [0.2, 0.25) is 0 Å². The van der Waals surface area contributed by atoms with E-state index in [1.165, 1.54) is 12.8 Å². The first-order valence-electron chi connectivity index (χ1n) is 7.68. The van der Waals surface area contributed by atoms with Gasteiger partial charge in [0.15, 0.2) is 0 Å². The predicted octanol–water partition coefficient (Wildman–Crippen LogP) is 1.99. The van der Waals surface area contributed by atoms with Crippen LogP contribution in [0.5, 0.6) is 0 Å². The van der Waals surface area contributed by atoms with Crippen LogP contribution in [0.3, 0.4) is 0 Å². The third-order valence-electron chi connectivity index (χ3n) is 5.28. The molecule has 1 aliphatic heterocycles. The minimum Gasteiger partial charge on any atom is -0.366 e. The highest BCUT2D eigenvalue weighted by atomic mass is 16.1. The van der Waals surface area contributed by atoms with Gasteiger partial charge in [0.25, 0.3) is 5.91 Å². The van der Waals surface area contributed by atoms with E-state index in [0.717, 1.165) is 36.8 Å². The maximum atomic E-state index is 11.6. The molecule has 1 aliphatic carbocycles. The van der Waals surface area contributed by atoms with Crippen LogP contribution in [0.15, 0.2) is 18.2 Å². The zero-order valence-electron chi connectivity index (χ0n) is 12.2. The molecule has 110 valence electrons. The Bertz CT molecular complexity index is 722. The third-order valence-corrected chi connectivity index (χ3v) is 5.28. The number of nitrogens with two attached hydrogens (primary N) is 1. The number of piperidine rings is 1. The Morgan fingerprint density at radius 1 is 1.57 bits per heavy atom. The monoisotopic (exact) mass is 284 g/mol. The second-order valence-corrected chi connectivity index (χ2v) is 6.33. The summed E-state index contributed by atoms with van der Waals surface area (Å²) in [6.07, 6.45) is 3.60. The molecule has 21 heavy (non-hydrogen) atoms. The van der Waals surface area contributed by atoms with Crippen LogP contribution in [-0.4, -0.2) is 33.9 Å². The standard InChI is InChI=1S/C16H20N4O/c1-2-20-9-10-6-7-16(20,8-10)15-18-12-5-3-4-11(14(17)21)13(12)19-15/h3-5,10H,2,6-9H2,1H3,(H2,17,21)(H,18,19)/t10-,16+/m0/s1. The first kappa shape index (κ1) is 12.8. The van der Waals surface area contributed by atoms with Gasteiger partial charge in [0.1, 0.15) is 11.3 Å². The number of primary amides is 1. The number of likely N-dealkylation sites (tertiary alicyclic amines) is 1. The average Bonchev–Trinajstić information content (AvgIpc) is 3.17. The Labute approximate surface area is 123 Å². The number of amides is 1. The number of fused-ring (bicyclic) bond motifs is 3. The number of imidazole rings is 1. The van der Waals surface area contributed by atoms with Gasteiger partial charge in [-0.15, -0.1) is 0 Å². The summed E-state index contributed by atoms with van der Waals surface area (Å²) >= 11 is 0. The van der Waals surface area contributed by atoms with E-state index in [4.69, 9.17) is 10.7 Å². The summed E-state index contributed by atoms with van der Waals surface area (Å²) in [5, 5.41) is 0. The first-order chi connectivity index (χ1) is 10.1. The van der Waals surface area contributed by atoms with Crippen LogP contribution in [0.4, 0.5) is 0 Å². The van der Waals surface area contributed by atoms with Crippen molar-refractivity contribution in [3.63, 3.8) is 0 Å². The zero-order valence-corrected chi connectivity index (χ0v) is 12.2. The average molecular weight is 284 g/mol. The number of rotatable bonds is 3. The molecule has 2 atom stereocenters. The molecule has 1 saturated carbocycles. The number of aromatic nitrogens is 2. The molecule has 5 heteroatoms. The van der Waals surface area contributed by atoms with Gasteiger partial charge >= 0.3 is 0 Å². The lowest BCUT2D eigenvalue weighted by Crippen LogP contribution is -2.42. The molecule has 3 N–H and O–H groups in total. The van der Waals surface area contributed by atoms with Crippen molar-refractivity contribution in [2.75, 3.05) is 13.1 Å². The van der Waals surface area contributed by atoms with Crippen LogP contribution >= 0.6 is 0 Å². The van der Waals surface area contributed by atoms with Gasteiger partial charge in [0.2, 0.25) is 0 Å². The van der Waals surface area contributed by atoms with Crippen molar-refractivity contribution >= 4 is 16.9 Å². The highest BCUT2D eigenvalue weighted by Gasteiger charge is 2.52. The van der Waals surface area contributed by atoms with Crippen LogP contribution < -0.4 is 5.73 Å². The molecule has 2 aliphatic rings. The van der Waals surface area contributed by atoms with Gasteiger partial charge in [-0.25, -0.2) is 4.98 Å². The van der Waals surface area contributed by atoms with E-state index in [2.05, 4.69) is 16.8 Å². The molecule has 2 fully saturated rings. The number of carbonyl (C=O) groups is 1. The van der Waals surface area contributed by atoms with Crippen LogP contribution in [0, 0.1) is 5.92 Å². The van der Waals surface area contributed by atoms with Crippen molar-refractivity contribution in [1.82, 2.24) is 14.9 Å². The summed E-state index contributed by atoms with van der Waals surface area (Å²) in [6, 6.07) is 5.56. The number of benzene rings is 1. The normalized spacial score (nSPS) is 28.5. The van der Waals surface area contributed by atoms with Gasteiger partial charge in [0.05, 0.1) is 16.6 Å². The number of hydrogen-bond acceptors (Lipinski definition) is 3. The first-order valence-corrected chi connectivity index (χ1v) is 7.68. The lowest BCUT2D eigenvalue weighted by atomic mass is 9.96. The second-order valence-electron chi connectivity index (χ2n) is 6.33. The maximum Gasteiger partial charge on any atom is 0.250 e. The molecule has 0 spiro atoms. The van der Waals surface area contributed by atoms with Crippen LogP contribution in [-0.2, 0) is 5.54 Å². The second kappa shape index (κ2) is 4.31. The molecule has 1 aromatic carbocycles. The summed E-state index contributed by atoms with van der Waals surface area (Å²) in [5.74, 6) is 1.38. The third kappa shape index (κ3) is 1.67. The largest absolute Gasteiger partial charge is 0.366 e. The summed E-state index contributed by atoms with van der Waals surface area (Å²) in [7, 11) is 0. The highest BCUT2D eigenvalue weighted by Crippen LogP contribution is 2.52. The van der Waals surface area contributed by atoms with E-state index in [1.807, 2.05) is 12.1 Å². The summed E-state index contributed by atoms with van der Waals surface area (Å²) < 4.78 is 0. The Hall–Kier alpha value is -1.88. The predicted molar refractivity (Wildman–Crippen MR) is 80.9 cm³/mol. The minimum atomic E-state index is -0.417. The number of para-hydroxylation sites is 1. The fourth-order valence-electron chi connectivity index (χ4n) is 4.30. The molecule has 0 unspecified atom stereocenters. The van der Waals surface area contributed by atoms with E-state index in [1.54, 1.807) is 6.07 Å². The SMILES string of the molecule is CCN1C[C@H]2CC[C@]1(c1nc3c(C(N)=O)cccc3[nH]1)C2. The number of H-pyrrole nitrogens is 1. The fourth-order valence-corrected chi connectivity index (χ4v) is 4.30. The van der Waals surface area contributed by atoms with E-state index < -0.39 is 5.91 Å². The van der Waals surface area contributed by atoms with E-state index in [-0.39, 0.29) is 5.54 Å². The smallest absolute Gasteiger partial charge is 0.250 e. The number of hydrogen-bond donors (Lipinski definition) is 2. The van der Waals surface area contributed by atoms with Gasteiger partial charge in [-0.2, -0.15) is 0 Å². The van der Waals surface area contributed by atoms with Crippen molar-refractivity contribution in [2.24, 2.45) is 11.7 Å². The lowest BCUT2D eigenvalue weighted by molar-refractivity contribution is 0.100. The van der Waals surface area contributed by atoms with E-state index in [9.17, 15) is 4.79 Å². The molecule has 1 saturated heterocycles. The molecule has 2 aromatic rings. The molecule has 2 heterocycles. The van der Waals surface area contributed by atoms with Crippen LogP contribution in [0.1, 0.15) is 42.4 Å². The van der Waals surface area contributed by atoms with Gasteiger partial charge in [-0.05, 0) is 43.9 Å². The zero-order chi connectivity index (χ0) is 14.6. The Balaban J connectivity index is 1.88. The molecule has 4 rings (SSSR count). The molecular weight excluding hydrogens is 264 g/mol. The van der Waals surface area contributed by atoms with Crippen molar-refractivity contribution in [3.8, 4) is 0 Å². The topological polar surface area (TPSA) is 75.0 Å². The molecular formula is C16H20N4O. The molecule has 1 aromatic heterocycles. The van der Waals surface area contributed by atoms with Gasteiger partial charge in [-0.1, -0.05) is 13.0 Å². The number of nitrogens with zero attached hydrogens (tertiary/aromatic N) is 2. The van der Waals surface area contributed by atoms with Crippen LogP contribution in [0.25, 0.3) is 11.0 Å². The van der Waals surface area contributed by atoms with Crippen molar-refractivity contribution in [2.45, 2.75) is 31.7 Å². The van der Waals surface area contributed by atoms with Crippen molar-refractivity contribution in [3.05, 3.63) is 29.6 Å². The molecule has 5 nitrogen and oxygen atoms in total. The van der Waals surface area contributed by atoms with Gasteiger partial charge in [0, 0.05) is 6.54 Å². The molecule has 1 amide bonds. The Morgan fingerprint density at radius 3 is 3.14 bits per heavy atom. The van der Waals surface area contributed by atoms with Gasteiger partial charge < -0.3 is 10.7 Å². The summed E-state index contributed by atoms with van der Waals surface area (Å²) in [6.45, 7) is 4.41. The van der Waals surface area contributed by atoms with E-state index >= 15 is 0 Å². The number of aromatic amines is 1. The molecule has 0 radical (unpaired) electrons. The number of nitrogens with one attached hydrogen (secondary N) is 1. The van der Waals surface area contributed by atoms with E-state index in [0.29, 0.717) is 11.1 Å². The van der Waals surface area contributed by atoms with Crippen molar-refractivity contribution in [1.29, 1.82) is 0 Å². The van der Waals surface area contributed by atoms with Crippen molar-refractivity contribution < 1.29 is 4.79 Å². The fraction of sp³-hybridized carbons (Fsp3) is 0.500. The lowest BCUT2D eigenvalue weighted by Gasteiger charge is -2.36. The van der Waals surface area contributed by atoms with Gasteiger partial charge in [-0.3, -0.25) is 9.69 Å². The highest BCUT2D eigenvalue weighted by molar-refractivity contribution is 6.04. The Morgan fingerprint density at radius 2 is 2.43 bits per heavy atom. The summed E-state index contributed by atoms with van der Waals surface area (Å²) in [4.78, 5) is 22.4. The summed E-state index contributed by atoms with van der Waals surface area (Å²) in [5.41, 5.74) is 7.62. The maximum absolute atomic E-state index is 11.6. The number of carbonyl (C=O) groups excluding carboxylic acids is 1. The quantitative estimate of drug-likeness (QED) is 0.905. The minimum absolute atomic E-state index is 0.0351.